The molecule has 0 aromatic carbocycles. The van der Waals surface area contributed by atoms with E-state index in [2.05, 4.69) is 51.3 Å². The van der Waals surface area contributed by atoms with Crippen molar-refractivity contribution in [2.75, 3.05) is 39.3 Å². The Bertz CT molecular complexity index is 359. The molecule has 1 spiro atoms. The molecule has 0 N–H and O–H groups in total. The van der Waals surface area contributed by atoms with Crippen molar-refractivity contribution in [3.8, 4) is 0 Å². The number of piperidine rings is 2. The Morgan fingerprint density at radius 2 is 1.57 bits per heavy atom. The Morgan fingerprint density at radius 3 is 2.13 bits per heavy atom. The maximum Gasteiger partial charge on any atom is 0.0598 e. The summed E-state index contributed by atoms with van der Waals surface area (Å²) in [5, 5.41) is 0. The van der Waals surface area contributed by atoms with Gasteiger partial charge in [0, 0.05) is 25.2 Å². The molecule has 3 heteroatoms. The SMILES string of the molecule is CC(C)(C)OCCCN1CCCC2(CCN(C(C)(C)C)CC2)C1. The van der Waals surface area contributed by atoms with Crippen LogP contribution in [0.2, 0.25) is 0 Å². The monoisotopic (exact) mass is 324 g/mol. The molecular formula is C20H40N2O. The Morgan fingerprint density at radius 1 is 0.913 bits per heavy atom. The summed E-state index contributed by atoms with van der Waals surface area (Å²) in [5.41, 5.74) is 0.939. The molecule has 0 atom stereocenters. The predicted octanol–water partition coefficient (Wildman–Crippen LogP) is 4.17. The molecule has 0 aliphatic carbocycles. The molecule has 2 heterocycles. The van der Waals surface area contributed by atoms with E-state index in [0.717, 1.165) is 6.61 Å². The summed E-state index contributed by atoms with van der Waals surface area (Å²) in [6, 6.07) is 0. The number of ether oxygens (including phenoxy) is 1. The largest absolute Gasteiger partial charge is 0.376 e. The van der Waals surface area contributed by atoms with Gasteiger partial charge in [-0.3, -0.25) is 4.90 Å². The fourth-order valence-corrected chi connectivity index (χ4v) is 4.23. The van der Waals surface area contributed by atoms with E-state index in [1.807, 2.05) is 0 Å². The fraction of sp³-hybridized carbons (Fsp3) is 1.00. The molecule has 2 saturated heterocycles. The molecular weight excluding hydrogens is 284 g/mol. The van der Waals surface area contributed by atoms with Gasteiger partial charge in [-0.1, -0.05) is 0 Å². The summed E-state index contributed by atoms with van der Waals surface area (Å²) in [7, 11) is 0. The van der Waals surface area contributed by atoms with Gasteiger partial charge in [-0.05, 0) is 98.7 Å². The normalized spacial score (nSPS) is 24.3. The molecule has 2 aliphatic rings. The number of likely N-dealkylation sites (tertiary alicyclic amines) is 2. The molecule has 3 nitrogen and oxygen atoms in total. The lowest BCUT2D eigenvalue weighted by molar-refractivity contribution is -0.0210. The Kier molecular flexibility index (Phi) is 6.19. The van der Waals surface area contributed by atoms with Crippen LogP contribution < -0.4 is 0 Å². The summed E-state index contributed by atoms with van der Waals surface area (Å²) < 4.78 is 5.88. The van der Waals surface area contributed by atoms with Crippen LogP contribution in [0.1, 0.15) is 73.6 Å². The van der Waals surface area contributed by atoms with E-state index in [-0.39, 0.29) is 5.60 Å². The standard InChI is InChI=1S/C20H40N2O/c1-18(2,3)22-14-10-20(11-15-22)9-7-12-21(17-20)13-8-16-23-19(4,5)6/h7-17H2,1-6H3. The first kappa shape index (κ1) is 19.2. The molecule has 0 unspecified atom stereocenters. The van der Waals surface area contributed by atoms with Crippen LogP contribution >= 0.6 is 0 Å². The highest BCUT2D eigenvalue weighted by Gasteiger charge is 2.39. The van der Waals surface area contributed by atoms with Gasteiger partial charge >= 0.3 is 0 Å². The van der Waals surface area contributed by atoms with Gasteiger partial charge in [-0.25, -0.2) is 0 Å². The average molecular weight is 325 g/mol. The minimum atomic E-state index is 0.00288. The van der Waals surface area contributed by atoms with Gasteiger partial charge in [0.1, 0.15) is 0 Å². The summed E-state index contributed by atoms with van der Waals surface area (Å²) in [6.45, 7) is 20.8. The highest BCUT2D eigenvalue weighted by atomic mass is 16.5. The van der Waals surface area contributed by atoms with Gasteiger partial charge in [0.05, 0.1) is 5.60 Å². The quantitative estimate of drug-likeness (QED) is 0.722. The molecule has 0 radical (unpaired) electrons. The lowest BCUT2D eigenvalue weighted by atomic mass is 9.72. The van der Waals surface area contributed by atoms with E-state index >= 15 is 0 Å². The topological polar surface area (TPSA) is 15.7 Å². The van der Waals surface area contributed by atoms with Crippen molar-refractivity contribution in [1.82, 2.24) is 9.80 Å². The van der Waals surface area contributed by atoms with Crippen molar-refractivity contribution < 1.29 is 4.74 Å². The molecule has 0 amide bonds. The van der Waals surface area contributed by atoms with Gasteiger partial charge in [-0.15, -0.1) is 0 Å². The van der Waals surface area contributed by atoms with Crippen molar-refractivity contribution in [1.29, 1.82) is 0 Å². The second-order valence-electron chi connectivity index (χ2n) is 9.85. The van der Waals surface area contributed by atoms with Crippen LogP contribution in [0.5, 0.6) is 0 Å². The van der Waals surface area contributed by atoms with Crippen LogP contribution in [0.15, 0.2) is 0 Å². The third kappa shape index (κ3) is 6.03. The molecule has 2 aliphatic heterocycles. The molecule has 0 saturated carbocycles. The van der Waals surface area contributed by atoms with Crippen LogP contribution in [-0.4, -0.2) is 60.3 Å². The maximum atomic E-state index is 5.88. The zero-order valence-corrected chi connectivity index (χ0v) is 16.6. The lowest BCUT2D eigenvalue weighted by Gasteiger charge is -2.50. The van der Waals surface area contributed by atoms with Crippen LogP contribution in [0.25, 0.3) is 0 Å². The Labute approximate surface area is 144 Å². The summed E-state index contributed by atoms with van der Waals surface area (Å²) in [6.07, 6.45) is 6.77. The summed E-state index contributed by atoms with van der Waals surface area (Å²) in [4.78, 5) is 5.39. The highest BCUT2D eigenvalue weighted by molar-refractivity contribution is 4.94. The van der Waals surface area contributed by atoms with Crippen molar-refractivity contribution in [3.63, 3.8) is 0 Å². The lowest BCUT2D eigenvalue weighted by Crippen LogP contribution is -2.53. The first-order chi connectivity index (χ1) is 10.6. The zero-order valence-electron chi connectivity index (χ0n) is 16.6. The molecule has 0 bridgehead atoms. The maximum absolute atomic E-state index is 5.88. The van der Waals surface area contributed by atoms with Crippen molar-refractivity contribution >= 4 is 0 Å². The third-order valence-electron chi connectivity index (χ3n) is 5.67. The molecule has 2 fully saturated rings. The number of rotatable bonds is 4. The summed E-state index contributed by atoms with van der Waals surface area (Å²) >= 11 is 0. The van der Waals surface area contributed by atoms with E-state index in [1.165, 1.54) is 64.8 Å². The molecule has 136 valence electrons. The Hall–Kier alpha value is -0.120. The van der Waals surface area contributed by atoms with E-state index in [9.17, 15) is 0 Å². The fourth-order valence-electron chi connectivity index (χ4n) is 4.23. The minimum absolute atomic E-state index is 0.00288. The van der Waals surface area contributed by atoms with Crippen molar-refractivity contribution in [3.05, 3.63) is 0 Å². The van der Waals surface area contributed by atoms with Crippen LogP contribution in [0.3, 0.4) is 0 Å². The van der Waals surface area contributed by atoms with Crippen LogP contribution in [0, 0.1) is 5.41 Å². The number of nitrogens with zero attached hydrogens (tertiary/aromatic N) is 2. The number of hydrogen-bond acceptors (Lipinski definition) is 3. The molecule has 0 aromatic rings. The smallest absolute Gasteiger partial charge is 0.0598 e. The van der Waals surface area contributed by atoms with E-state index in [1.54, 1.807) is 0 Å². The van der Waals surface area contributed by atoms with Gasteiger partial charge in [0.25, 0.3) is 0 Å². The third-order valence-corrected chi connectivity index (χ3v) is 5.67. The molecule has 0 aromatic heterocycles. The molecule has 23 heavy (non-hydrogen) atoms. The van der Waals surface area contributed by atoms with Gasteiger partial charge in [0.15, 0.2) is 0 Å². The zero-order chi connectivity index (χ0) is 17.1. The van der Waals surface area contributed by atoms with Gasteiger partial charge in [0.2, 0.25) is 0 Å². The van der Waals surface area contributed by atoms with Crippen LogP contribution in [-0.2, 0) is 4.74 Å². The number of hydrogen-bond donors (Lipinski definition) is 0. The minimum Gasteiger partial charge on any atom is -0.376 e. The predicted molar refractivity (Wildman–Crippen MR) is 99.0 cm³/mol. The second-order valence-corrected chi connectivity index (χ2v) is 9.85. The highest BCUT2D eigenvalue weighted by Crippen LogP contribution is 2.41. The average Bonchev–Trinajstić information content (AvgIpc) is 2.42. The second kappa shape index (κ2) is 7.41. The van der Waals surface area contributed by atoms with Crippen molar-refractivity contribution in [2.45, 2.75) is 84.8 Å². The molecule has 2 rings (SSSR count). The van der Waals surface area contributed by atoms with Crippen molar-refractivity contribution in [2.24, 2.45) is 5.41 Å². The first-order valence-corrected chi connectivity index (χ1v) is 9.71. The van der Waals surface area contributed by atoms with E-state index < -0.39 is 0 Å². The van der Waals surface area contributed by atoms with E-state index in [4.69, 9.17) is 4.74 Å². The van der Waals surface area contributed by atoms with E-state index in [0.29, 0.717) is 11.0 Å². The summed E-state index contributed by atoms with van der Waals surface area (Å²) in [5.74, 6) is 0. The Balaban J connectivity index is 1.75. The van der Waals surface area contributed by atoms with Crippen LogP contribution in [0.4, 0.5) is 0 Å². The van der Waals surface area contributed by atoms with Gasteiger partial charge < -0.3 is 9.64 Å². The van der Waals surface area contributed by atoms with Gasteiger partial charge in [-0.2, -0.15) is 0 Å². The first-order valence-electron chi connectivity index (χ1n) is 9.71.